The summed E-state index contributed by atoms with van der Waals surface area (Å²) in [4.78, 5) is 76.9. The fourth-order valence-electron chi connectivity index (χ4n) is 4.00. The van der Waals surface area contributed by atoms with Gasteiger partial charge in [0.2, 0.25) is 5.91 Å². The maximum absolute atomic E-state index is 12.8. The van der Waals surface area contributed by atoms with Crippen molar-refractivity contribution < 1.29 is 52.6 Å². The highest BCUT2D eigenvalue weighted by atomic mass is 16.7. The molecule has 0 aromatic heterocycles. The van der Waals surface area contributed by atoms with Crippen molar-refractivity contribution in [1.82, 2.24) is 10.4 Å². The molecule has 1 aliphatic heterocycles. The highest BCUT2D eigenvalue weighted by molar-refractivity contribution is 6.01. The molecule has 1 fully saturated rings. The second-order valence-corrected chi connectivity index (χ2v) is 12.3. The molecule has 2 atom stereocenters. The number of ketones is 2. The van der Waals surface area contributed by atoms with E-state index in [4.69, 9.17) is 23.8 Å². The Hall–Kier alpha value is -2.74. The van der Waals surface area contributed by atoms with Crippen LogP contribution in [-0.4, -0.2) is 99.2 Å². The molecule has 1 rings (SSSR count). The zero-order valence-corrected chi connectivity index (χ0v) is 27.3. The SMILES string of the molecule is CC(C)[C@H](CC(=O)CCOCCOCCOCCOCCC(=O)ON1C(=O)CCC1=O)C(=O)N[C@@H](C)C(=O)CCC(C)(C)C. The molecule has 1 heterocycles. The number of imide groups is 1. The average Bonchev–Trinajstić information content (AvgIpc) is 3.26. The normalized spacial score (nSPS) is 15.0. The summed E-state index contributed by atoms with van der Waals surface area (Å²) in [6.07, 6.45) is 1.42. The lowest BCUT2D eigenvalue weighted by Gasteiger charge is -2.23. The zero-order chi connectivity index (χ0) is 33.1. The molecule has 1 saturated heterocycles. The average molecular weight is 629 g/mol. The van der Waals surface area contributed by atoms with Crippen LogP contribution in [0.3, 0.4) is 0 Å². The summed E-state index contributed by atoms with van der Waals surface area (Å²) >= 11 is 0. The van der Waals surface area contributed by atoms with Crippen LogP contribution in [0.25, 0.3) is 0 Å². The molecule has 0 aromatic rings. The highest BCUT2D eigenvalue weighted by Gasteiger charge is 2.32. The van der Waals surface area contributed by atoms with Crippen LogP contribution in [0.4, 0.5) is 0 Å². The van der Waals surface area contributed by atoms with Crippen molar-refractivity contribution in [3.8, 4) is 0 Å². The number of amides is 3. The van der Waals surface area contributed by atoms with E-state index in [-0.39, 0.29) is 80.7 Å². The van der Waals surface area contributed by atoms with E-state index in [2.05, 4.69) is 26.1 Å². The first-order valence-electron chi connectivity index (χ1n) is 15.4. The molecule has 0 spiro atoms. The van der Waals surface area contributed by atoms with Crippen LogP contribution >= 0.6 is 0 Å². The lowest BCUT2D eigenvalue weighted by molar-refractivity contribution is -0.198. The van der Waals surface area contributed by atoms with Gasteiger partial charge >= 0.3 is 5.97 Å². The molecule has 1 N–H and O–H groups in total. The van der Waals surface area contributed by atoms with Gasteiger partial charge in [-0.3, -0.25) is 24.0 Å². The Kier molecular flexibility index (Phi) is 18.8. The van der Waals surface area contributed by atoms with Crippen molar-refractivity contribution in [2.24, 2.45) is 17.3 Å². The quantitative estimate of drug-likeness (QED) is 0.123. The highest BCUT2D eigenvalue weighted by Crippen LogP contribution is 2.22. The Bertz CT molecular complexity index is 929. The van der Waals surface area contributed by atoms with Crippen LogP contribution in [0.1, 0.15) is 86.5 Å². The van der Waals surface area contributed by atoms with Gasteiger partial charge in [0.15, 0.2) is 5.78 Å². The van der Waals surface area contributed by atoms with Gasteiger partial charge in [0.05, 0.1) is 65.3 Å². The number of nitrogens with zero attached hydrogens (tertiary/aromatic N) is 1. The Morgan fingerprint density at radius 3 is 1.70 bits per heavy atom. The summed E-state index contributed by atoms with van der Waals surface area (Å²) in [6.45, 7) is 13.8. The number of hydrogen-bond acceptors (Lipinski definition) is 11. The van der Waals surface area contributed by atoms with E-state index < -0.39 is 29.7 Å². The van der Waals surface area contributed by atoms with Gasteiger partial charge in [-0.15, -0.1) is 5.06 Å². The summed E-state index contributed by atoms with van der Waals surface area (Å²) in [7, 11) is 0. The van der Waals surface area contributed by atoms with Crippen LogP contribution in [0.15, 0.2) is 0 Å². The predicted molar refractivity (Wildman–Crippen MR) is 159 cm³/mol. The van der Waals surface area contributed by atoms with E-state index in [1.54, 1.807) is 6.92 Å². The van der Waals surface area contributed by atoms with E-state index in [1.165, 1.54) is 0 Å². The molecular formula is C31H52N2O11. The minimum Gasteiger partial charge on any atom is -0.379 e. The van der Waals surface area contributed by atoms with Crippen LogP contribution in [0, 0.1) is 17.3 Å². The number of ether oxygens (including phenoxy) is 4. The second kappa shape index (κ2) is 21.1. The number of rotatable bonds is 24. The zero-order valence-electron chi connectivity index (χ0n) is 27.3. The van der Waals surface area contributed by atoms with Gasteiger partial charge in [0, 0.05) is 38.0 Å². The minimum atomic E-state index is -0.720. The molecule has 13 nitrogen and oxygen atoms in total. The first kappa shape index (κ1) is 39.3. The molecule has 3 amide bonds. The van der Waals surface area contributed by atoms with E-state index in [1.807, 2.05) is 13.8 Å². The molecule has 1 aliphatic rings. The maximum Gasteiger partial charge on any atom is 0.335 e. The smallest absolute Gasteiger partial charge is 0.335 e. The number of Topliss-reactive ketones (excluding diaryl/α,β-unsaturated/α-hetero) is 2. The number of hydroxylamine groups is 2. The van der Waals surface area contributed by atoms with E-state index in [0.29, 0.717) is 44.5 Å². The first-order valence-corrected chi connectivity index (χ1v) is 15.4. The summed E-state index contributed by atoms with van der Waals surface area (Å²) in [5.74, 6) is -2.69. The second-order valence-electron chi connectivity index (χ2n) is 12.3. The van der Waals surface area contributed by atoms with E-state index >= 15 is 0 Å². The molecule has 0 radical (unpaired) electrons. The van der Waals surface area contributed by atoms with Crippen molar-refractivity contribution in [3.05, 3.63) is 0 Å². The Morgan fingerprint density at radius 1 is 0.750 bits per heavy atom. The van der Waals surface area contributed by atoms with Gasteiger partial charge < -0.3 is 29.1 Å². The number of nitrogens with one attached hydrogen (secondary N) is 1. The third kappa shape index (κ3) is 17.5. The molecule has 13 heteroatoms. The van der Waals surface area contributed by atoms with Gasteiger partial charge in [0.25, 0.3) is 11.8 Å². The monoisotopic (exact) mass is 628 g/mol. The molecule has 0 aromatic carbocycles. The standard InChI is InChI=1S/C31H52N2O11/c1-22(2)25(30(39)32-23(3)26(35)9-12-31(4,5)6)21-24(34)10-13-40-15-17-42-19-20-43-18-16-41-14-11-29(38)44-33-27(36)7-8-28(33)37/h22-23,25H,7-21H2,1-6H3,(H,32,39)/t23-,25-/m0/s1. The largest absolute Gasteiger partial charge is 0.379 e. The molecule has 0 unspecified atom stereocenters. The topological polar surface area (TPSA) is 164 Å². The molecule has 0 aliphatic carbocycles. The summed E-state index contributed by atoms with van der Waals surface area (Å²) in [6, 6.07) is -0.588. The first-order chi connectivity index (χ1) is 20.7. The van der Waals surface area contributed by atoms with Crippen molar-refractivity contribution in [2.75, 3.05) is 52.9 Å². The lowest BCUT2D eigenvalue weighted by atomic mass is 9.87. The summed E-state index contributed by atoms with van der Waals surface area (Å²) in [5, 5.41) is 3.30. The molecular weight excluding hydrogens is 576 g/mol. The van der Waals surface area contributed by atoms with Crippen LogP contribution < -0.4 is 5.32 Å². The van der Waals surface area contributed by atoms with Gasteiger partial charge in [-0.05, 0) is 24.7 Å². The molecule has 0 saturated carbocycles. The Morgan fingerprint density at radius 2 is 1.23 bits per heavy atom. The van der Waals surface area contributed by atoms with E-state index in [9.17, 15) is 28.8 Å². The third-order valence-electron chi connectivity index (χ3n) is 6.84. The van der Waals surface area contributed by atoms with Crippen molar-refractivity contribution in [1.29, 1.82) is 0 Å². The fourth-order valence-corrected chi connectivity index (χ4v) is 4.00. The fraction of sp³-hybridized carbons (Fsp3) is 0.806. The van der Waals surface area contributed by atoms with Gasteiger partial charge in [-0.2, -0.15) is 0 Å². The number of carbonyl (C=O) groups excluding carboxylic acids is 6. The van der Waals surface area contributed by atoms with Gasteiger partial charge in [-0.25, -0.2) is 4.79 Å². The van der Waals surface area contributed by atoms with Crippen molar-refractivity contribution in [3.63, 3.8) is 0 Å². The Labute approximate surface area is 260 Å². The maximum atomic E-state index is 12.8. The number of carbonyl (C=O) groups is 6. The Balaban J connectivity index is 2.04. The summed E-state index contributed by atoms with van der Waals surface area (Å²) < 4.78 is 21.5. The lowest BCUT2D eigenvalue weighted by Crippen LogP contribution is -2.43. The van der Waals surface area contributed by atoms with Crippen LogP contribution in [0.5, 0.6) is 0 Å². The van der Waals surface area contributed by atoms with Crippen LogP contribution in [0.2, 0.25) is 0 Å². The van der Waals surface area contributed by atoms with Gasteiger partial charge in [0.1, 0.15) is 5.78 Å². The van der Waals surface area contributed by atoms with Crippen molar-refractivity contribution >= 4 is 35.3 Å². The third-order valence-corrected chi connectivity index (χ3v) is 6.84. The summed E-state index contributed by atoms with van der Waals surface area (Å²) in [5.41, 5.74) is 0.0401. The predicted octanol–water partition coefficient (Wildman–Crippen LogP) is 2.57. The van der Waals surface area contributed by atoms with Crippen LogP contribution in [-0.2, 0) is 52.6 Å². The molecule has 0 bridgehead atoms. The molecule has 44 heavy (non-hydrogen) atoms. The van der Waals surface area contributed by atoms with Crippen molar-refractivity contribution in [2.45, 2.75) is 92.5 Å². The van der Waals surface area contributed by atoms with E-state index in [0.717, 1.165) is 6.42 Å². The van der Waals surface area contributed by atoms with Gasteiger partial charge in [-0.1, -0.05) is 34.6 Å². The number of hydrogen-bond donors (Lipinski definition) is 1. The molecule has 252 valence electrons. The minimum absolute atomic E-state index is 0.00995.